The number of hydrogen-bond donors (Lipinski definition) is 1. The van der Waals surface area contributed by atoms with E-state index < -0.39 is 23.7 Å². The number of halogens is 1. The molecule has 0 aliphatic carbocycles. The number of ether oxygens (including phenoxy) is 1. The summed E-state index contributed by atoms with van der Waals surface area (Å²) in [5.74, 6) is -2.76. The number of esters is 1. The fourth-order valence-electron chi connectivity index (χ4n) is 3.10. The lowest BCUT2D eigenvalue weighted by Crippen LogP contribution is -2.55. The largest absolute Gasteiger partial charge is 0.462 e. The van der Waals surface area contributed by atoms with Gasteiger partial charge in [-0.05, 0) is 48.9 Å². The van der Waals surface area contributed by atoms with Crippen LogP contribution in [0.1, 0.15) is 22.8 Å². The molecule has 1 N–H and O–H groups in total. The molecule has 2 aromatic rings. The third-order valence-electron chi connectivity index (χ3n) is 4.70. The highest BCUT2D eigenvalue weighted by molar-refractivity contribution is 6.35. The summed E-state index contributed by atoms with van der Waals surface area (Å²) in [6.45, 7) is 2.37. The summed E-state index contributed by atoms with van der Waals surface area (Å²) in [6, 6.07) is 11.9. The maximum absolute atomic E-state index is 13.0. The second-order valence-corrected chi connectivity index (χ2v) is 6.93. The van der Waals surface area contributed by atoms with Crippen LogP contribution in [0.15, 0.2) is 48.5 Å². The summed E-state index contributed by atoms with van der Waals surface area (Å²) in [5.41, 5.74) is 1.52. The quantitative estimate of drug-likeness (QED) is 0.537. The molecule has 0 radical (unpaired) electrons. The molecule has 0 unspecified atom stereocenters. The third kappa shape index (κ3) is 5.65. The van der Waals surface area contributed by atoms with Gasteiger partial charge in [0.25, 0.3) is 0 Å². The monoisotopic (exact) mass is 427 g/mol. The van der Waals surface area contributed by atoms with Crippen LogP contribution in [0, 0.1) is 5.82 Å². The van der Waals surface area contributed by atoms with E-state index in [1.54, 1.807) is 31.2 Å². The van der Waals surface area contributed by atoms with Gasteiger partial charge in [0, 0.05) is 25.3 Å². The molecule has 0 spiro atoms. The van der Waals surface area contributed by atoms with E-state index in [-0.39, 0.29) is 38.6 Å². The molecule has 2 aromatic carbocycles. The Kier molecular flexibility index (Phi) is 6.96. The summed E-state index contributed by atoms with van der Waals surface area (Å²) in [7, 11) is 0. The minimum absolute atomic E-state index is 0.192. The Hall–Kier alpha value is -3.75. The highest BCUT2D eigenvalue weighted by Gasteiger charge is 2.33. The maximum atomic E-state index is 13.0. The minimum Gasteiger partial charge on any atom is -0.462 e. The number of nitrogens with one attached hydrogen (secondary N) is 1. The Bertz CT molecular complexity index is 976. The molecule has 162 valence electrons. The summed E-state index contributed by atoms with van der Waals surface area (Å²) in [4.78, 5) is 51.3. The molecule has 0 bridgehead atoms. The van der Waals surface area contributed by atoms with Gasteiger partial charge in [0.05, 0.1) is 12.2 Å². The Labute approximate surface area is 178 Å². The Morgan fingerprint density at radius 1 is 0.968 bits per heavy atom. The minimum atomic E-state index is -0.763. The second-order valence-electron chi connectivity index (χ2n) is 6.93. The van der Waals surface area contributed by atoms with Crippen LogP contribution in [0.3, 0.4) is 0 Å². The van der Waals surface area contributed by atoms with Crippen molar-refractivity contribution in [2.45, 2.75) is 13.5 Å². The predicted molar refractivity (Wildman–Crippen MR) is 109 cm³/mol. The molecule has 1 fully saturated rings. The van der Waals surface area contributed by atoms with Crippen molar-refractivity contribution in [1.82, 2.24) is 9.80 Å². The number of hydrogen-bond acceptors (Lipinski definition) is 5. The highest BCUT2D eigenvalue weighted by atomic mass is 19.1. The molecular weight excluding hydrogens is 405 g/mol. The van der Waals surface area contributed by atoms with Gasteiger partial charge in [-0.15, -0.1) is 0 Å². The van der Waals surface area contributed by atoms with Gasteiger partial charge in [-0.3, -0.25) is 14.4 Å². The second kappa shape index (κ2) is 9.84. The molecule has 1 aliphatic heterocycles. The molecule has 3 rings (SSSR count). The molecule has 9 heteroatoms. The van der Waals surface area contributed by atoms with Crippen LogP contribution >= 0.6 is 0 Å². The number of benzene rings is 2. The van der Waals surface area contributed by atoms with E-state index in [4.69, 9.17) is 4.74 Å². The normalized spacial score (nSPS) is 13.9. The van der Waals surface area contributed by atoms with Crippen molar-refractivity contribution in [2.75, 3.05) is 31.6 Å². The Morgan fingerprint density at radius 3 is 2.23 bits per heavy atom. The van der Waals surface area contributed by atoms with Crippen molar-refractivity contribution in [3.8, 4) is 0 Å². The average molecular weight is 427 g/mol. The SMILES string of the molecule is CCOC(=O)c1ccc(NC(=O)CN2CCN(Cc3ccc(F)cc3)C(=O)C2=O)cc1. The highest BCUT2D eigenvalue weighted by Crippen LogP contribution is 2.13. The van der Waals surface area contributed by atoms with Crippen molar-refractivity contribution in [3.05, 3.63) is 65.5 Å². The Balaban J connectivity index is 1.53. The summed E-state index contributed by atoms with van der Waals surface area (Å²) in [5, 5.41) is 2.63. The van der Waals surface area contributed by atoms with E-state index in [9.17, 15) is 23.6 Å². The van der Waals surface area contributed by atoms with Gasteiger partial charge in [0.1, 0.15) is 12.4 Å². The van der Waals surface area contributed by atoms with Crippen molar-refractivity contribution >= 4 is 29.4 Å². The van der Waals surface area contributed by atoms with E-state index in [1.807, 2.05) is 0 Å². The van der Waals surface area contributed by atoms with Gasteiger partial charge in [-0.1, -0.05) is 12.1 Å². The number of nitrogens with zero attached hydrogens (tertiary/aromatic N) is 2. The zero-order chi connectivity index (χ0) is 22.4. The molecular formula is C22H22FN3O5. The first kappa shape index (κ1) is 21.9. The predicted octanol–water partition coefficient (Wildman–Crippen LogP) is 1.81. The van der Waals surface area contributed by atoms with Gasteiger partial charge in [-0.25, -0.2) is 9.18 Å². The zero-order valence-electron chi connectivity index (χ0n) is 17.0. The molecule has 3 amide bonds. The number of rotatable bonds is 7. The lowest BCUT2D eigenvalue weighted by atomic mass is 10.2. The van der Waals surface area contributed by atoms with Gasteiger partial charge >= 0.3 is 17.8 Å². The first-order chi connectivity index (χ1) is 14.9. The van der Waals surface area contributed by atoms with Gasteiger partial charge in [-0.2, -0.15) is 0 Å². The van der Waals surface area contributed by atoms with Crippen LogP contribution in [0.5, 0.6) is 0 Å². The van der Waals surface area contributed by atoms with E-state index in [0.717, 1.165) is 0 Å². The van der Waals surface area contributed by atoms with Crippen LogP contribution in [0.4, 0.5) is 10.1 Å². The summed E-state index contributed by atoms with van der Waals surface area (Å²) >= 11 is 0. The van der Waals surface area contributed by atoms with Crippen molar-refractivity contribution < 1.29 is 28.3 Å². The van der Waals surface area contributed by atoms with Crippen molar-refractivity contribution in [2.24, 2.45) is 0 Å². The lowest BCUT2D eigenvalue weighted by molar-refractivity contribution is -0.157. The molecule has 1 saturated heterocycles. The third-order valence-corrected chi connectivity index (χ3v) is 4.70. The molecule has 1 aliphatic rings. The number of anilines is 1. The molecule has 1 heterocycles. The standard InChI is InChI=1S/C22H22FN3O5/c1-2-31-22(30)16-5-9-18(10-6-16)24-19(27)14-26-12-11-25(20(28)21(26)29)13-15-3-7-17(23)8-4-15/h3-10H,2,11-14H2,1H3,(H,24,27). The summed E-state index contributed by atoms with van der Waals surface area (Å²) in [6.07, 6.45) is 0. The number of piperazine rings is 1. The topological polar surface area (TPSA) is 96.0 Å². The van der Waals surface area contributed by atoms with E-state index in [1.165, 1.54) is 34.1 Å². The molecule has 0 aromatic heterocycles. The van der Waals surface area contributed by atoms with E-state index in [0.29, 0.717) is 16.8 Å². The molecule has 8 nitrogen and oxygen atoms in total. The van der Waals surface area contributed by atoms with Crippen molar-refractivity contribution in [1.29, 1.82) is 0 Å². The Morgan fingerprint density at radius 2 is 1.58 bits per heavy atom. The van der Waals surface area contributed by atoms with Crippen LogP contribution in [-0.4, -0.2) is 59.7 Å². The maximum Gasteiger partial charge on any atom is 0.338 e. The van der Waals surface area contributed by atoms with E-state index >= 15 is 0 Å². The fraction of sp³-hybridized carbons (Fsp3) is 0.273. The first-order valence-electron chi connectivity index (χ1n) is 9.77. The smallest absolute Gasteiger partial charge is 0.338 e. The van der Waals surface area contributed by atoms with Crippen LogP contribution in [-0.2, 0) is 25.7 Å². The van der Waals surface area contributed by atoms with Crippen LogP contribution in [0.25, 0.3) is 0 Å². The van der Waals surface area contributed by atoms with Crippen LogP contribution < -0.4 is 5.32 Å². The van der Waals surface area contributed by atoms with Crippen molar-refractivity contribution in [3.63, 3.8) is 0 Å². The van der Waals surface area contributed by atoms with Gasteiger partial charge in [0.15, 0.2) is 0 Å². The number of amides is 3. The van der Waals surface area contributed by atoms with E-state index in [2.05, 4.69) is 5.32 Å². The zero-order valence-corrected chi connectivity index (χ0v) is 17.0. The van der Waals surface area contributed by atoms with Gasteiger partial charge < -0.3 is 19.9 Å². The number of carbonyl (C=O) groups is 4. The lowest BCUT2D eigenvalue weighted by Gasteiger charge is -2.33. The molecule has 0 atom stereocenters. The van der Waals surface area contributed by atoms with Gasteiger partial charge in [0.2, 0.25) is 5.91 Å². The fourth-order valence-corrected chi connectivity index (χ4v) is 3.10. The first-order valence-corrected chi connectivity index (χ1v) is 9.77. The average Bonchev–Trinajstić information content (AvgIpc) is 2.75. The van der Waals surface area contributed by atoms with Crippen LogP contribution in [0.2, 0.25) is 0 Å². The summed E-state index contributed by atoms with van der Waals surface area (Å²) < 4.78 is 17.9. The molecule has 0 saturated carbocycles. The number of carbonyl (C=O) groups excluding carboxylic acids is 4. The molecule has 31 heavy (non-hydrogen) atoms.